The number of carboxylic acid groups (broad SMARTS) is 1. The highest BCUT2D eigenvalue weighted by molar-refractivity contribution is 5.66. The summed E-state index contributed by atoms with van der Waals surface area (Å²) in [6.07, 6.45) is 1.43. The summed E-state index contributed by atoms with van der Waals surface area (Å²) in [5, 5.41) is 8.58. The van der Waals surface area contributed by atoms with Crippen LogP contribution < -0.4 is 0 Å². The molecule has 80 valence electrons. The van der Waals surface area contributed by atoms with Crippen LogP contribution in [0.4, 0.5) is 0 Å². The van der Waals surface area contributed by atoms with Crippen molar-refractivity contribution in [1.29, 1.82) is 0 Å². The van der Waals surface area contributed by atoms with Gasteiger partial charge in [0.15, 0.2) is 0 Å². The monoisotopic (exact) mass is 199 g/mol. The van der Waals surface area contributed by atoms with Crippen molar-refractivity contribution in [1.82, 2.24) is 4.90 Å². The van der Waals surface area contributed by atoms with Gasteiger partial charge in [0.2, 0.25) is 0 Å². The number of hydrogen-bond donors (Lipinski definition) is 1. The number of rotatable bonds is 3. The van der Waals surface area contributed by atoms with Gasteiger partial charge in [-0.3, -0.25) is 4.79 Å². The Morgan fingerprint density at radius 2 is 2.21 bits per heavy atom. The van der Waals surface area contributed by atoms with E-state index in [1.165, 1.54) is 6.42 Å². The van der Waals surface area contributed by atoms with Crippen LogP contribution in [0.3, 0.4) is 0 Å². The summed E-state index contributed by atoms with van der Waals surface area (Å²) in [5.41, 5.74) is 0. The first-order chi connectivity index (χ1) is 6.75. The number of ether oxygens (including phenoxy) is 1. The van der Waals surface area contributed by atoms with Crippen molar-refractivity contribution in [2.24, 2.45) is 11.8 Å². The second-order valence-corrected chi connectivity index (χ2v) is 4.29. The summed E-state index contributed by atoms with van der Waals surface area (Å²) < 4.78 is 5.42. The first-order valence-corrected chi connectivity index (χ1v) is 5.27. The Morgan fingerprint density at radius 3 is 3.00 bits per heavy atom. The van der Waals surface area contributed by atoms with Crippen molar-refractivity contribution in [3.8, 4) is 0 Å². The van der Waals surface area contributed by atoms with Crippen molar-refractivity contribution in [3.63, 3.8) is 0 Å². The Bertz CT molecular complexity index is 219. The Hall–Kier alpha value is -0.610. The Balaban J connectivity index is 1.77. The molecule has 2 heterocycles. The smallest absolute Gasteiger partial charge is 0.304 e. The van der Waals surface area contributed by atoms with Gasteiger partial charge in [0.25, 0.3) is 0 Å². The van der Waals surface area contributed by atoms with Crippen molar-refractivity contribution in [2.75, 3.05) is 32.8 Å². The molecule has 0 saturated carbocycles. The SMILES string of the molecule is O=C(O)CCN1CC[C@@H]2COC[C@H]2C1. The molecule has 2 aliphatic heterocycles. The number of likely N-dealkylation sites (tertiary alicyclic amines) is 1. The second kappa shape index (κ2) is 4.28. The molecule has 4 nitrogen and oxygen atoms in total. The zero-order valence-electron chi connectivity index (χ0n) is 8.32. The van der Waals surface area contributed by atoms with E-state index in [-0.39, 0.29) is 6.42 Å². The molecule has 0 spiro atoms. The molecule has 0 amide bonds. The zero-order valence-corrected chi connectivity index (χ0v) is 8.32. The van der Waals surface area contributed by atoms with Crippen LogP contribution in [0.25, 0.3) is 0 Å². The lowest BCUT2D eigenvalue weighted by Crippen LogP contribution is -2.40. The topological polar surface area (TPSA) is 49.8 Å². The fourth-order valence-corrected chi connectivity index (χ4v) is 2.39. The van der Waals surface area contributed by atoms with Gasteiger partial charge in [0.05, 0.1) is 13.0 Å². The highest BCUT2D eigenvalue weighted by Gasteiger charge is 2.33. The molecule has 0 bridgehead atoms. The highest BCUT2D eigenvalue weighted by atomic mass is 16.5. The lowest BCUT2D eigenvalue weighted by atomic mass is 9.89. The number of aliphatic carboxylic acids is 1. The van der Waals surface area contributed by atoms with Gasteiger partial charge in [-0.1, -0.05) is 0 Å². The molecule has 0 aromatic heterocycles. The largest absolute Gasteiger partial charge is 0.481 e. The number of nitrogens with zero attached hydrogens (tertiary/aromatic N) is 1. The van der Waals surface area contributed by atoms with Gasteiger partial charge in [0.1, 0.15) is 0 Å². The quantitative estimate of drug-likeness (QED) is 0.716. The molecule has 0 aliphatic carbocycles. The average molecular weight is 199 g/mol. The maximum Gasteiger partial charge on any atom is 0.304 e. The van der Waals surface area contributed by atoms with Crippen LogP contribution in [0.15, 0.2) is 0 Å². The normalized spacial score (nSPS) is 32.9. The number of piperidine rings is 1. The van der Waals surface area contributed by atoms with E-state index in [1.807, 2.05) is 0 Å². The van der Waals surface area contributed by atoms with Crippen molar-refractivity contribution in [3.05, 3.63) is 0 Å². The van der Waals surface area contributed by atoms with Crippen molar-refractivity contribution < 1.29 is 14.6 Å². The van der Waals surface area contributed by atoms with Gasteiger partial charge in [0, 0.05) is 25.6 Å². The van der Waals surface area contributed by atoms with Gasteiger partial charge in [-0.2, -0.15) is 0 Å². The zero-order chi connectivity index (χ0) is 9.97. The number of hydrogen-bond acceptors (Lipinski definition) is 3. The fraction of sp³-hybridized carbons (Fsp3) is 0.900. The lowest BCUT2D eigenvalue weighted by Gasteiger charge is -2.33. The highest BCUT2D eigenvalue weighted by Crippen LogP contribution is 2.29. The molecule has 0 unspecified atom stereocenters. The van der Waals surface area contributed by atoms with Crippen LogP contribution in [0.5, 0.6) is 0 Å². The third kappa shape index (κ3) is 2.25. The Kier molecular flexibility index (Phi) is 3.03. The summed E-state index contributed by atoms with van der Waals surface area (Å²) in [4.78, 5) is 12.7. The fourth-order valence-electron chi connectivity index (χ4n) is 2.39. The second-order valence-electron chi connectivity index (χ2n) is 4.29. The van der Waals surface area contributed by atoms with Crippen LogP contribution in [0.2, 0.25) is 0 Å². The van der Waals surface area contributed by atoms with Gasteiger partial charge in [-0.05, 0) is 18.9 Å². The predicted octanol–water partition coefficient (Wildman–Crippen LogP) is 0.429. The summed E-state index contributed by atoms with van der Waals surface area (Å²) in [7, 11) is 0. The Morgan fingerprint density at radius 1 is 1.43 bits per heavy atom. The third-order valence-electron chi connectivity index (χ3n) is 3.28. The van der Waals surface area contributed by atoms with E-state index in [9.17, 15) is 4.79 Å². The van der Waals surface area contributed by atoms with Crippen molar-refractivity contribution >= 4 is 5.97 Å². The molecule has 14 heavy (non-hydrogen) atoms. The molecule has 0 aromatic carbocycles. The summed E-state index contributed by atoms with van der Waals surface area (Å²) in [6.45, 7) is 4.54. The molecule has 0 radical (unpaired) electrons. The van der Waals surface area contributed by atoms with E-state index in [0.29, 0.717) is 12.5 Å². The van der Waals surface area contributed by atoms with Crippen LogP contribution >= 0.6 is 0 Å². The number of carboxylic acids is 1. The van der Waals surface area contributed by atoms with Gasteiger partial charge >= 0.3 is 5.97 Å². The number of carbonyl (C=O) groups is 1. The van der Waals surface area contributed by atoms with Gasteiger partial charge < -0.3 is 14.7 Å². The summed E-state index contributed by atoms with van der Waals surface area (Å²) >= 11 is 0. The van der Waals surface area contributed by atoms with E-state index >= 15 is 0 Å². The molecular weight excluding hydrogens is 182 g/mol. The summed E-state index contributed by atoms with van der Waals surface area (Å²) in [5.74, 6) is 0.684. The lowest BCUT2D eigenvalue weighted by molar-refractivity contribution is -0.137. The molecule has 4 heteroatoms. The maximum absolute atomic E-state index is 10.4. The molecule has 2 aliphatic rings. The predicted molar refractivity (Wildman–Crippen MR) is 51.1 cm³/mol. The molecular formula is C10H17NO3. The standard InChI is InChI=1S/C10H17NO3/c12-10(13)2-4-11-3-1-8-6-14-7-9(8)5-11/h8-9H,1-7H2,(H,12,13)/t8-,9-/m1/s1. The molecule has 2 fully saturated rings. The maximum atomic E-state index is 10.4. The van der Waals surface area contributed by atoms with E-state index < -0.39 is 5.97 Å². The van der Waals surface area contributed by atoms with Crippen molar-refractivity contribution in [2.45, 2.75) is 12.8 Å². The van der Waals surface area contributed by atoms with E-state index in [1.54, 1.807) is 0 Å². The van der Waals surface area contributed by atoms with Crippen LogP contribution in [-0.2, 0) is 9.53 Å². The molecule has 0 aromatic rings. The third-order valence-corrected chi connectivity index (χ3v) is 3.28. The molecule has 2 atom stereocenters. The molecule has 1 N–H and O–H groups in total. The van der Waals surface area contributed by atoms with Crippen LogP contribution in [-0.4, -0.2) is 48.8 Å². The minimum atomic E-state index is -0.699. The molecule has 2 rings (SSSR count). The van der Waals surface area contributed by atoms with Gasteiger partial charge in [-0.15, -0.1) is 0 Å². The minimum absolute atomic E-state index is 0.262. The van der Waals surface area contributed by atoms with E-state index in [0.717, 1.165) is 32.2 Å². The van der Waals surface area contributed by atoms with E-state index in [2.05, 4.69) is 4.90 Å². The Labute approximate surface area is 83.8 Å². The average Bonchev–Trinajstić information content (AvgIpc) is 2.61. The molecule has 2 saturated heterocycles. The number of fused-ring (bicyclic) bond motifs is 1. The summed E-state index contributed by atoms with van der Waals surface area (Å²) in [6, 6.07) is 0. The van der Waals surface area contributed by atoms with Gasteiger partial charge in [-0.25, -0.2) is 0 Å². The minimum Gasteiger partial charge on any atom is -0.481 e. The van der Waals surface area contributed by atoms with Crippen LogP contribution in [0.1, 0.15) is 12.8 Å². The first kappa shape index (κ1) is 9.93. The first-order valence-electron chi connectivity index (χ1n) is 5.27. The van der Waals surface area contributed by atoms with Crippen LogP contribution in [0, 0.1) is 11.8 Å². The van der Waals surface area contributed by atoms with E-state index in [4.69, 9.17) is 9.84 Å².